The highest BCUT2D eigenvalue weighted by Gasteiger charge is 2.55. The summed E-state index contributed by atoms with van der Waals surface area (Å²) < 4.78 is 1.77. The van der Waals surface area contributed by atoms with E-state index in [1.54, 1.807) is 4.68 Å². The number of aryl methyl sites for hydroxylation is 3. The molecular formula is C25H25N5O3. The van der Waals surface area contributed by atoms with Crippen LogP contribution in [0, 0.1) is 20.8 Å². The predicted molar refractivity (Wildman–Crippen MR) is 123 cm³/mol. The third kappa shape index (κ3) is 3.29. The predicted octanol–water partition coefficient (Wildman–Crippen LogP) is 3.13. The fourth-order valence-electron chi connectivity index (χ4n) is 4.82. The number of aromatic nitrogens is 2. The maximum atomic E-state index is 13.3. The molecule has 1 aliphatic carbocycles. The van der Waals surface area contributed by atoms with Crippen molar-refractivity contribution in [3.63, 3.8) is 0 Å². The fraction of sp³-hybridized carbons (Fsp3) is 0.280. The molecule has 8 heteroatoms. The van der Waals surface area contributed by atoms with Crippen LogP contribution in [0.2, 0.25) is 0 Å². The van der Waals surface area contributed by atoms with Crippen molar-refractivity contribution in [1.82, 2.24) is 20.0 Å². The molecule has 2 aromatic carbocycles. The van der Waals surface area contributed by atoms with Crippen LogP contribution in [0.1, 0.15) is 34.5 Å². The standard InChI is InChI=1S/C25H25N5O3/c1-15-8-10-19(11-9-15)30-17(3)22(16(2)28-30)26-21(31)14-29-23(32)25(27-24(29)33)13-12-18-6-4-5-7-20(18)25/h4-11H,12-14H2,1-3H3,(H,26,31)(H,27,33)/t25-/m1/s1. The SMILES string of the molecule is Cc1ccc(-n2nc(C)c(NC(=O)CN3C(=O)N[C@@]4(CCc5ccccc54)C3=O)c2C)cc1. The van der Waals surface area contributed by atoms with Gasteiger partial charge in [0.1, 0.15) is 12.1 Å². The second kappa shape index (κ2) is 7.58. The molecule has 5 rings (SSSR count). The van der Waals surface area contributed by atoms with E-state index in [-0.39, 0.29) is 12.5 Å². The summed E-state index contributed by atoms with van der Waals surface area (Å²) in [5.74, 6) is -0.826. The molecule has 4 amide bonds. The van der Waals surface area contributed by atoms with Crippen molar-refractivity contribution >= 4 is 23.5 Å². The molecule has 0 unspecified atom stereocenters. The molecule has 168 valence electrons. The number of carbonyl (C=O) groups excluding carboxylic acids is 3. The number of benzene rings is 2. The summed E-state index contributed by atoms with van der Waals surface area (Å²) in [5.41, 5.74) is 4.82. The first kappa shape index (κ1) is 20.9. The zero-order valence-corrected chi connectivity index (χ0v) is 18.8. The number of rotatable bonds is 4. The third-order valence-corrected chi connectivity index (χ3v) is 6.56. The molecular weight excluding hydrogens is 418 g/mol. The molecule has 1 spiro atoms. The number of carbonyl (C=O) groups is 3. The molecule has 2 aliphatic rings. The highest BCUT2D eigenvalue weighted by atomic mass is 16.2. The quantitative estimate of drug-likeness (QED) is 0.606. The van der Waals surface area contributed by atoms with Gasteiger partial charge in [-0.1, -0.05) is 42.0 Å². The van der Waals surface area contributed by atoms with E-state index in [2.05, 4.69) is 15.7 Å². The molecule has 0 radical (unpaired) electrons. The molecule has 1 aromatic heterocycles. The number of imide groups is 1. The van der Waals surface area contributed by atoms with Gasteiger partial charge in [-0.25, -0.2) is 9.48 Å². The van der Waals surface area contributed by atoms with E-state index in [9.17, 15) is 14.4 Å². The van der Waals surface area contributed by atoms with Gasteiger partial charge in [0.2, 0.25) is 5.91 Å². The molecule has 33 heavy (non-hydrogen) atoms. The van der Waals surface area contributed by atoms with Gasteiger partial charge in [0.25, 0.3) is 5.91 Å². The van der Waals surface area contributed by atoms with Gasteiger partial charge < -0.3 is 10.6 Å². The Balaban J connectivity index is 1.35. The highest BCUT2D eigenvalue weighted by molar-refractivity contribution is 6.11. The Hall–Kier alpha value is -3.94. The van der Waals surface area contributed by atoms with Gasteiger partial charge in [-0.2, -0.15) is 5.10 Å². The van der Waals surface area contributed by atoms with Gasteiger partial charge in [-0.3, -0.25) is 14.5 Å². The van der Waals surface area contributed by atoms with Crippen molar-refractivity contribution in [2.45, 2.75) is 39.2 Å². The number of anilines is 1. The van der Waals surface area contributed by atoms with E-state index >= 15 is 0 Å². The van der Waals surface area contributed by atoms with Gasteiger partial charge in [0.15, 0.2) is 0 Å². The van der Waals surface area contributed by atoms with E-state index in [1.165, 1.54) is 0 Å². The van der Waals surface area contributed by atoms with E-state index in [0.29, 0.717) is 24.2 Å². The van der Waals surface area contributed by atoms with Crippen LogP contribution in [0.4, 0.5) is 10.5 Å². The first-order chi connectivity index (χ1) is 15.8. The second-order valence-electron chi connectivity index (χ2n) is 8.73. The minimum atomic E-state index is -1.07. The molecule has 8 nitrogen and oxygen atoms in total. The number of hydrogen-bond acceptors (Lipinski definition) is 4. The topological polar surface area (TPSA) is 96.3 Å². The lowest BCUT2D eigenvalue weighted by Gasteiger charge is -2.22. The molecule has 0 bridgehead atoms. The van der Waals surface area contributed by atoms with Crippen LogP contribution in [0.3, 0.4) is 0 Å². The lowest BCUT2D eigenvalue weighted by molar-refractivity contribution is -0.134. The molecule has 1 saturated heterocycles. The van der Waals surface area contributed by atoms with Crippen LogP contribution >= 0.6 is 0 Å². The molecule has 3 aromatic rings. The van der Waals surface area contributed by atoms with Gasteiger partial charge >= 0.3 is 6.03 Å². The van der Waals surface area contributed by atoms with Crippen molar-refractivity contribution < 1.29 is 14.4 Å². The Bertz CT molecular complexity index is 1290. The Labute approximate surface area is 191 Å². The summed E-state index contributed by atoms with van der Waals surface area (Å²) >= 11 is 0. The maximum Gasteiger partial charge on any atom is 0.325 e. The average molecular weight is 444 g/mol. The minimum absolute atomic E-state index is 0.358. The summed E-state index contributed by atoms with van der Waals surface area (Å²) in [6.45, 7) is 5.34. The van der Waals surface area contributed by atoms with Crippen molar-refractivity contribution in [3.05, 3.63) is 76.6 Å². The molecule has 1 aliphatic heterocycles. The first-order valence-electron chi connectivity index (χ1n) is 11.0. The summed E-state index contributed by atoms with van der Waals surface area (Å²) in [5, 5.41) is 10.2. The van der Waals surface area contributed by atoms with E-state index < -0.39 is 17.5 Å². The Kier molecular flexibility index (Phi) is 4.81. The Morgan fingerprint density at radius 2 is 1.82 bits per heavy atom. The summed E-state index contributed by atoms with van der Waals surface area (Å²) in [6, 6.07) is 15.0. The summed E-state index contributed by atoms with van der Waals surface area (Å²) in [7, 11) is 0. The molecule has 1 atom stereocenters. The minimum Gasteiger partial charge on any atom is -0.321 e. The Morgan fingerprint density at radius 1 is 1.09 bits per heavy atom. The Morgan fingerprint density at radius 3 is 2.58 bits per heavy atom. The van der Waals surface area contributed by atoms with Gasteiger partial charge in [-0.15, -0.1) is 0 Å². The normalized spacial score (nSPS) is 19.2. The molecule has 2 N–H and O–H groups in total. The number of fused-ring (bicyclic) bond motifs is 2. The molecule has 2 heterocycles. The lowest BCUT2D eigenvalue weighted by atomic mass is 9.92. The van der Waals surface area contributed by atoms with Crippen LogP contribution in [-0.2, 0) is 21.5 Å². The maximum absolute atomic E-state index is 13.3. The second-order valence-corrected chi connectivity index (χ2v) is 8.73. The van der Waals surface area contributed by atoms with Crippen LogP contribution in [0.5, 0.6) is 0 Å². The first-order valence-corrected chi connectivity index (χ1v) is 11.0. The van der Waals surface area contributed by atoms with Crippen LogP contribution < -0.4 is 10.6 Å². The van der Waals surface area contributed by atoms with Crippen LogP contribution in [0.15, 0.2) is 48.5 Å². The van der Waals surface area contributed by atoms with Crippen molar-refractivity contribution in [3.8, 4) is 5.69 Å². The highest BCUT2D eigenvalue weighted by Crippen LogP contribution is 2.41. The average Bonchev–Trinajstić information content (AvgIpc) is 3.39. The van der Waals surface area contributed by atoms with Crippen molar-refractivity contribution in [1.29, 1.82) is 0 Å². The number of nitrogens with zero attached hydrogens (tertiary/aromatic N) is 3. The van der Waals surface area contributed by atoms with Crippen molar-refractivity contribution in [2.24, 2.45) is 0 Å². The molecule has 0 saturated carbocycles. The largest absolute Gasteiger partial charge is 0.325 e. The van der Waals surface area contributed by atoms with Gasteiger partial charge in [-0.05, 0) is 56.9 Å². The van der Waals surface area contributed by atoms with E-state index in [0.717, 1.165) is 33.0 Å². The number of amides is 4. The lowest BCUT2D eigenvalue weighted by Crippen LogP contribution is -2.43. The van der Waals surface area contributed by atoms with E-state index in [4.69, 9.17) is 0 Å². The summed E-state index contributed by atoms with van der Waals surface area (Å²) in [4.78, 5) is 39.9. The number of hydrogen-bond donors (Lipinski definition) is 2. The molecule has 1 fully saturated rings. The van der Waals surface area contributed by atoms with Gasteiger partial charge in [0, 0.05) is 0 Å². The smallest absolute Gasteiger partial charge is 0.321 e. The van der Waals surface area contributed by atoms with Gasteiger partial charge in [0.05, 0.1) is 22.8 Å². The summed E-state index contributed by atoms with van der Waals surface area (Å²) in [6.07, 6.45) is 1.20. The van der Waals surface area contributed by atoms with Crippen molar-refractivity contribution in [2.75, 3.05) is 11.9 Å². The third-order valence-electron chi connectivity index (χ3n) is 6.56. The monoisotopic (exact) mass is 443 g/mol. The van der Waals surface area contributed by atoms with Crippen LogP contribution in [-0.4, -0.2) is 39.1 Å². The zero-order chi connectivity index (χ0) is 23.3. The number of nitrogens with one attached hydrogen (secondary N) is 2. The number of urea groups is 1. The van der Waals surface area contributed by atoms with Crippen LogP contribution in [0.25, 0.3) is 5.69 Å². The zero-order valence-electron chi connectivity index (χ0n) is 18.8. The fourth-order valence-corrected chi connectivity index (χ4v) is 4.82. The van der Waals surface area contributed by atoms with E-state index in [1.807, 2.05) is 69.3 Å².